The fourth-order valence-electron chi connectivity index (χ4n) is 2.98. The van der Waals surface area contributed by atoms with Gasteiger partial charge in [-0.25, -0.2) is 14.5 Å². The molecule has 0 fully saturated rings. The zero-order valence-electron chi connectivity index (χ0n) is 13.8. The third kappa shape index (κ3) is 2.36. The Balaban J connectivity index is 1.45. The SMILES string of the molecule is C[C@@H](c1cn2ccsc2n1)n1cc(Cn2c(=O)oc3ccccc32)nn1. The molecule has 0 N–H and O–H groups in total. The van der Waals surface area contributed by atoms with Gasteiger partial charge in [-0.1, -0.05) is 17.3 Å². The number of aromatic nitrogens is 6. The Morgan fingerprint density at radius 1 is 1.27 bits per heavy atom. The maximum atomic E-state index is 12.1. The Morgan fingerprint density at radius 2 is 2.15 bits per heavy atom. The minimum Gasteiger partial charge on any atom is -0.408 e. The number of nitrogens with zero attached hydrogens (tertiary/aromatic N) is 6. The molecule has 5 rings (SSSR count). The number of hydrogen-bond acceptors (Lipinski definition) is 6. The number of rotatable bonds is 4. The summed E-state index contributed by atoms with van der Waals surface area (Å²) in [7, 11) is 0. The van der Waals surface area contributed by atoms with Gasteiger partial charge in [0, 0.05) is 17.8 Å². The van der Waals surface area contributed by atoms with Crippen LogP contribution in [0.1, 0.15) is 24.4 Å². The summed E-state index contributed by atoms with van der Waals surface area (Å²) in [5.74, 6) is -0.400. The Labute approximate surface area is 150 Å². The topological polar surface area (TPSA) is 83.2 Å². The van der Waals surface area contributed by atoms with Gasteiger partial charge in [0.1, 0.15) is 5.69 Å². The van der Waals surface area contributed by atoms with Gasteiger partial charge >= 0.3 is 5.76 Å². The molecule has 4 heterocycles. The van der Waals surface area contributed by atoms with Crippen molar-refractivity contribution in [3.8, 4) is 0 Å². The van der Waals surface area contributed by atoms with E-state index in [0.717, 1.165) is 16.2 Å². The third-order valence-corrected chi connectivity index (χ3v) is 5.16. The molecule has 0 radical (unpaired) electrons. The molecule has 5 aromatic rings. The van der Waals surface area contributed by atoms with Crippen molar-refractivity contribution in [2.45, 2.75) is 19.5 Å². The predicted octanol–water partition coefficient (Wildman–Crippen LogP) is 2.55. The van der Waals surface area contributed by atoms with Gasteiger partial charge < -0.3 is 4.42 Å². The zero-order valence-corrected chi connectivity index (χ0v) is 14.6. The summed E-state index contributed by atoms with van der Waals surface area (Å²) < 4.78 is 10.6. The average Bonchev–Trinajstić information content (AvgIpc) is 3.38. The number of para-hydroxylation sites is 2. The molecule has 26 heavy (non-hydrogen) atoms. The molecule has 8 nitrogen and oxygen atoms in total. The van der Waals surface area contributed by atoms with Crippen molar-refractivity contribution in [3.63, 3.8) is 0 Å². The summed E-state index contributed by atoms with van der Waals surface area (Å²) in [5, 5.41) is 10.4. The van der Waals surface area contributed by atoms with E-state index >= 15 is 0 Å². The predicted molar refractivity (Wildman–Crippen MR) is 96.5 cm³/mol. The van der Waals surface area contributed by atoms with Crippen molar-refractivity contribution in [1.29, 1.82) is 0 Å². The van der Waals surface area contributed by atoms with Gasteiger partial charge in [-0.15, -0.1) is 16.4 Å². The van der Waals surface area contributed by atoms with Gasteiger partial charge in [0.05, 0.1) is 30.0 Å². The molecule has 9 heteroatoms. The van der Waals surface area contributed by atoms with Crippen LogP contribution in [-0.4, -0.2) is 28.9 Å². The first-order chi connectivity index (χ1) is 12.7. The molecule has 0 unspecified atom stereocenters. The highest BCUT2D eigenvalue weighted by Crippen LogP contribution is 2.20. The Morgan fingerprint density at radius 3 is 3.04 bits per heavy atom. The van der Waals surface area contributed by atoms with E-state index in [0.29, 0.717) is 17.8 Å². The molecule has 0 aliphatic heterocycles. The van der Waals surface area contributed by atoms with E-state index in [-0.39, 0.29) is 6.04 Å². The molecule has 4 aromatic heterocycles. The van der Waals surface area contributed by atoms with Crippen LogP contribution < -0.4 is 5.76 Å². The quantitative estimate of drug-likeness (QED) is 0.488. The maximum absolute atomic E-state index is 12.1. The number of oxazole rings is 1. The number of hydrogen-bond donors (Lipinski definition) is 0. The Hall–Kier alpha value is -3.20. The van der Waals surface area contributed by atoms with Gasteiger partial charge in [-0.05, 0) is 19.1 Å². The van der Waals surface area contributed by atoms with Crippen LogP contribution in [0, 0.1) is 0 Å². The summed E-state index contributed by atoms with van der Waals surface area (Å²) in [6.45, 7) is 2.32. The van der Waals surface area contributed by atoms with E-state index in [4.69, 9.17) is 4.42 Å². The van der Waals surface area contributed by atoms with E-state index < -0.39 is 5.76 Å². The molecule has 0 bridgehead atoms. The first-order valence-electron chi connectivity index (χ1n) is 8.10. The Kier molecular flexibility index (Phi) is 3.29. The van der Waals surface area contributed by atoms with Crippen LogP contribution >= 0.6 is 11.3 Å². The fraction of sp³-hybridized carbons (Fsp3) is 0.176. The van der Waals surface area contributed by atoms with E-state index in [2.05, 4.69) is 15.3 Å². The van der Waals surface area contributed by atoms with Crippen molar-refractivity contribution in [2.24, 2.45) is 0 Å². The maximum Gasteiger partial charge on any atom is 0.420 e. The molecule has 1 atom stereocenters. The van der Waals surface area contributed by atoms with Crippen molar-refractivity contribution in [1.82, 2.24) is 28.9 Å². The molecule has 0 saturated carbocycles. The van der Waals surface area contributed by atoms with Gasteiger partial charge in [0.25, 0.3) is 0 Å². The largest absolute Gasteiger partial charge is 0.420 e. The molecule has 130 valence electrons. The fourth-order valence-corrected chi connectivity index (χ4v) is 3.69. The van der Waals surface area contributed by atoms with Crippen LogP contribution in [0.25, 0.3) is 16.1 Å². The van der Waals surface area contributed by atoms with Crippen LogP contribution in [0.4, 0.5) is 0 Å². The molecular weight excluding hydrogens is 352 g/mol. The lowest BCUT2D eigenvalue weighted by Gasteiger charge is -2.07. The van der Waals surface area contributed by atoms with Crippen LogP contribution in [0.5, 0.6) is 0 Å². The highest BCUT2D eigenvalue weighted by molar-refractivity contribution is 7.15. The van der Waals surface area contributed by atoms with Crippen LogP contribution in [0.15, 0.2) is 57.4 Å². The van der Waals surface area contributed by atoms with Gasteiger partial charge in [0.15, 0.2) is 10.5 Å². The second-order valence-electron chi connectivity index (χ2n) is 6.05. The second-order valence-corrected chi connectivity index (χ2v) is 6.92. The molecule has 1 aromatic carbocycles. The second kappa shape index (κ2) is 5.67. The first-order valence-corrected chi connectivity index (χ1v) is 8.98. The highest BCUT2D eigenvalue weighted by Gasteiger charge is 2.16. The third-order valence-electron chi connectivity index (χ3n) is 4.39. The van der Waals surface area contributed by atoms with Crippen molar-refractivity contribution < 1.29 is 4.42 Å². The molecule has 0 spiro atoms. The molecule has 0 aliphatic carbocycles. The lowest BCUT2D eigenvalue weighted by Crippen LogP contribution is -2.15. The summed E-state index contributed by atoms with van der Waals surface area (Å²) in [4.78, 5) is 17.7. The molecule has 0 amide bonds. The van der Waals surface area contributed by atoms with E-state index in [1.807, 2.05) is 53.5 Å². The number of imidazole rings is 1. The van der Waals surface area contributed by atoms with Crippen molar-refractivity contribution in [3.05, 3.63) is 70.2 Å². The smallest absolute Gasteiger partial charge is 0.408 e. The minimum absolute atomic E-state index is 0.0545. The van der Waals surface area contributed by atoms with Gasteiger partial charge in [-0.3, -0.25) is 8.97 Å². The van der Waals surface area contributed by atoms with Gasteiger partial charge in [0.2, 0.25) is 0 Å². The molecule has 0 saturated heterocycles. The first kappa shape index (κ1) is 15.1. The summed E-state index contributed by atoms with van der Waals surface area (Å²) >= 11 is 1.59. The lowest BCUT2D eigenvalue weighted by atomic mass is 10.2. The molecular formula is C17H14N6O2S. The molecule has 0 aliphatic rings. The number of benzene rings is 1. The summed E-state index contributed by atoms with van der Waals surface area (Å²) in [5.41, 5.74) is 2.91. The van der Waals surface area contributed by atoms with E-state index in [9.17, 15) is 4.79 Å². The Bertz CT molecular complexity index is 1240. The van der Waals surface area contributed by atoms with Crippen LogP contribution in [-0.2, 0) is 6.54 Å². The van der Waals surface area contributed by atoms with Gasteiger partial charge in [-0.2, -0.15) is 0 Å². The van der Waals surface area contributed by atoms with Crippen LogP contribution in [0.3, 0.4) is 0 Å². The zero-order chi connectivity index (χ0) is 17.7. The standard InChI is InChI=1S/C17H14N6O2S/c1-11(13-10-21-6-7-26-16(21)18-13)23-9-12(19-20-23)8-22-14-4-2-3-5-15(14)25-17(22)24/h2-7,9-11H,8H2,1H3/t11-/m0/s1. The number of fused-ring (bicyclic) bond motifs is 2. The summed E-state index contributed by atoms with van der Waals surface area (Å²) in [6.07, 6.45) is 5.81. The normalized spacial score (nSPS) is 13.0. The van der Waals surface area contributed by atoms with Crippen molar-refractivity contribution in [2.75, 3.05) is 0 Å². The average molecular weight is 366 g/mol. The monoisotopic (exact) mass is 366 g/mol. The lowest BCUT2D eigenvalue weighted by molar-refractivity contribution is 0.516. The highest BCUT2D eigenvalue weighted by atomic mass is 32.1. The minimum atomic E-state index is -0.400. The van der Waals surface area contributed by atoms with Crippen LogP contribution in [0.2, 0.25) is 0 Å². The van der Waals surface area contributed by atoms with E-state index in [1.165, 1.54) is 0 Å². The summed E-state index contributed by atoms with van der Waals surface area (Å²) in [6, 6.07) is 7.28. The van der Waals surface area contributed by atoms with E-state index in [1.54, 1.807) is 26.7 Å². The van der Waals surface area contributed by atoms with Crippen molar-refractivity contribution >= 4 is 27.4 Å². The number of thiazole rings is 1.